The minimum absolute atomic E-state index is 0.0439. The molecule has 3 unspecified atom stereocenters. The molecule has 3 rings (SSSR count). The van der Waals surface area contributed by atoms with E-state index in [1.807, 2.05) is 27.7 Å². The molecule has 2 heterocycles. The van der Waals surface area contributed by atoms with Gasteiger partial charge >= 0.3 is 0 Å². The van der Waals surface area contributed by atoms with Crippen molar-refractivity contribution in [2.24, 2.45) is 11.3 Å². The number of allylic oxidation sites excluding steroid dienone is 1. The Kier molecular flexibility index (Phi) is 2.92. The number of carbonyl (C=O) groups excluding carboxylic acids is 3. The van der Waals surface area contributed by atoms with Gasteiger partial charge in [-0.3, -0.25) is 14.4 Å². The van der Waals surface area contributed by atoms with E-state index in [0.29, 0.717) is 18.5 Å². The Morgan fingerprint density at radius 2 is 1.86 bits per heavy atom. The summed E-state index contributed by atoms with van der Waals surface area (Å²) in [4.78, 5) is 40.2. The molecule has 0 aromatic carbocycles. The van der Waals surface area contributed by atoms with Gasteiger partial charge in [-0.2, -0.15) is 0 Å². The van der Waals surface area contributed by atoms with Crippen LogP contribution < -0.4 is 5.32 Å². The van der Waals surface area contributed by atoms with Crippen molar-refractivity contribution in [1.82, 2.24) is 10.2 Å². The number of carbonyl (C=O) groups is 3. The Morgan fingerprint density at radius 1 is 1.23 bits per heavy atom. The second-order valence-corrected chi connectivity index (χ2v) is 7.76. The summed E-state index contributed by atoms with van der Waals surface area (Å²) in [5, 5.41) is 2.99. The molecular weight excluding hydrogens is 280 g/mol. The zero-order valence-corrected chi connectivity index (χ0v) is 13.9. The molecule has 120 valence electrons. The Labute approximate surface area is 131 Å². The van der Waals surface area contributed by atoms with Crippen LogP contribution in [-0.4, -0.2) is 40.1 Å². The highest BCUT2D eigenvalue weighted by atomic mass is 16.2. The van der Waals surface area contributed by atoms with Gasteiger partial charge in [0.05, 0.1) is 0 Å². The summed E-state index contributed by atoms with van der Waals surface area (Å²) in [6.45, 7) is 9.77. The first-order chi connectivity index (χ1) is 10.1. The van der Waals surface area contributed by atoms with E-state index in [-0.39, 0.29) is 23.5 Å². The standard InChI is InChI=1S/C17H24N2O3/c1-10-9-17(11(2)15(3,4)12(10)20)14(22)19-8-6-7-16(19,5)13(21)18-17/h9,11H,6-8H2,1-5H3,(H,18,21). The molecule has 5 nitrogen and oxygen atoms in total. The van der Waals surface area contributed by atoms with E-state index in [1.165, 1.54) is 0 Å². The third kappa shape index (κ3) is 1.57. The SMILES string of the molecule is CC1=CC2(NC(=O)C3(C)CCCN3C2=O)C(C)C(C)(C)C1=O. The number of rotatable bonds is 0. The molecule has 0 radical (unpaired) electrons. The average Bonchev–Trinajstić information content (AvgIpc) is 2.85. The molecule has 0 bridgehead atoms. The number of hydrogen-bond acceptors (Lipinski definition) is 3. The Bertz CT molecular complexity index is 621. The van der Waals surface area contributed by atoms with Crippen LogP contribution in [0.25, 0.3) is 0 Å². The third-order valence-corrected chi connectivity index (χ3v) is 6.20. The fraction of sp³-hybridized carbons (Fsp3) is 0.706. The van der Waals surface area contributed by atoms with Crippen molar-refractivity contribution in [2.75, 3.05) is 6.54 Å². The first-order valence-electron chi connectivity index (χ1n) is 7.96. The van der Waals surface area contributed by atoms with Crippen LogP contribution in [0.5, 0.6) is 0 Å². The summed E-state index contributed by atoms with van der Waals surface area (Å²) >= 11 is 0. The number of Topliss-reactive ketones (excluding diaryl/α,β-unsaturated/α-hetero) is 1. The van der Waals surface area contributed by atoms with Crippen molar-refractivity contribution < 1.29 is 14.4 Å². The van der Waals surface area contributed by atoms with Crippen LogP contribution in [0.1, 0.15) is 47.5 Å². The van der Waals surface area contributed by atoms with Crippen molar-refractivity contribution in [3.63, 3.8) is 0 Å². The number of nitrogens with zero attached hydrogens (tertiary/aromatic N) is 1. The van der Waals surface area contributed by atoms with E-state index < -0.39 is 16.5 Å². The third-order valence-electron chi connectivity index (χ3n) is 6.20. The van der Waals surface area contributed by atoms with Crippen molar-refractivity contribution in [3.8, 4) is 0 Å². The maximum absolute atomic E-state index is 13.2. The lowest BCUT2D eigenvalue weighted by Gasteiger charge is -2.54. The highest BCUT2D eigenvalue weighted by Crippen LogP contribution is 2.47. The van der Waals surface area contributed by atoms with Crippen LogP contribution in [0, 0.1) is 11.3 Å². The highest BCUT2D eigenvalue weighted by molar-refractivity contribution is 6.09. The van der Waals surface area contributed by atoms with Crippen molar-refractivity contribution >= 4 is 17.6 Å². The van der Waals surface area contributed by atoms with Crippen LogP contribution in [0.15, 0.2) is 11.6 Å². The van der Waals surface area contributed by atoms with Gasteiger partial charge in [-0.1, -0.05) is 20.8 Å². The number of ketones is 1. The molecule has 0 aromatic rings. The molecule has 2 saturated heterocycles. The fourth-order valence-corrected chi connectivity index (χ4v) is 4.32. The van der Waals surface area contributed by atoms with E-state index in [4.69, 9.17) is 0 Å². The predicted molar refractivity (Wildman–Crippen MR) is 81.9 cm³/mol. The van der Waals surface area contributed by atoms with Crippen molar-refractivity contribution in [3.05, 3.63) is 11.6 Å². The van der Waals surface area contributed by atoms with E-state index in [0.717, 1.165) is 6.42 Å². The predicted octanol–water partition coefficient (Wildman–Crippen LogP) is 1.43. The lowest BCUT2D eigenvalue weighted by Crippen LogP contribution is -2.76. The number of amides is 2. The molecule has 2 aliphatic heterocycles. The van der Waals surface area contributed by atoms with Crippen LogP contribution in [-0.2, 0) is 14.4 Å². The first-order valence-corrected chi connectivity index (χ1v) is 7.96. The second kappa shape index (κ2) is 4.21. The summed E-state index contributed by atoms with van der Waals surface area (Å²) < 4.78 is 0. The molecule has 0 aromatic heterocycles. The normalized spacial score (nSPS) is 40.6. The van der Waals surface area contributed by atoms with E-state index >= 15 is 0 Å². The van der Waals surface area contributed by atoms with Gasteiger partial charge in [0.1, 0.15) is 11.1 Å². The van der Waals surface area contributed by atoms with Gasteiger partial charge in [-0.05, 0) is 38.3 Å². The van der Waals surface area contributed by atoms with Crippen LogP contribution in [0.4, 0.5) is 0 Å². The van der Waals surface area contributed by atoms with Gasteiger partial charge in [-0.15, -0.1) is 0 Å². The Balaban J connectivity index is 2.16. The van der Waals surface area contributed by atoms with E-state index in [2.05, 4.69) is 5.32 Å². The first kappa shape index (κ1) is 15.3. The quantitative estimate of drug-likeness (QED) is 0.736. The summed E-state index contributed by atoms with van der Waals surface area (Å²) in [5.41, 5.74) is -1.97. The van der Waals surface area contributed by atoms with Gasteiger partial charge in [0, 0.05) is 17.9 Å². The van der Waals surface area contributed by atoms with Crippen molar-refractivity contribution in [2.45, 2.75) is 58.5 Å². The van der Waals surface area contributed by atoms with Crippen molar-refractivity contribution in [1.29, 1.82) is 0 Å². The molecule has 22 heavy (non-hydrogen) atoms. The minimum atomic E-state index is -1.09. The lowest BCUT2D eigenvalue weighted by molar-refractivity contribution is -0.162. The number of fused-ring (bicyclic) bond motifs is 1. The maximum Gasteiger partial charge on any atom is 0.253 e. The van der Waals surface area contributed by atoms with Gasteiger partial charge < -0.3 is 10.2 Å². The monoisotopic (exact) mass is 304 g/mol. The molecule has 2 amide bonds. The summed E-state index contributed by atoms with van der Waals surface area (Å²) in [6, 6.07) is 0. The van der Waals surface area contributed by atoms with Gasteiger partial charge in [-0.25, -0.2) is 0 Å². The van der Waals surface area contributed by atoms with E-state index in [9.17, 15) is 14.4 Å². The number of hydrogen-bond donors (Lipinski definition) is 1. The topological polar surface area (TPSA) is 66.5 Å². The number of nitrogens with one attached hydrogen (secondary N) is 1. The van der Waals surface area contributed by atoms with Crippen LogP contribution in [0.3, 0.4) is 0 Å². The molecule has 3 aliphatic rings. The molecule has 1 N–H and O–H groups in total. The molecule has 1 aliphatic carbocycles. The average molecular weight is 304 g/mol. The Hall–Kier alpha value is -1.65. The van der Waals surface area contributed by atoms with Gasteiger partial charge in [0.2, 0.25) is 5.91 Å². The largest absolute Gasteiger partial charge is 0.336 e. The highest BCUT2D eigenvalue weighted by Gasteiger charge is 2.63. The molecule has 1 spiro atoms. The zero-order valence-electron chi connectivity index (χ0n) is 13.9. The molecule has 5 heteroatoms. The fourth-order valence-electron chi connectivity index (χ4n) is 4.32. The van der Waals surface area contributed by atoms with Crippen LogP contribution in [0.2, 0.25) is 0 Å². The van der Waals surface area contributed by atoms with Gasteiger partial charge in [0.15, 0.2) is 5.78 Å². The summed E-state index contributed by atoms with van der Waals surface area (Å²) in [5.74, 6) is -0.426. The van der Waals surface area contributed by atoms with Gasteiger partial charge in [0.25, 0.3) is 5.91 Å². The summed E-state index contributed by atoms with van der Waals surface area (Å²) in [7, 11) is 0. The summed E-state index contributed by atoms with van der Waals surface area (Å²) in [6.07, 6.45) is 3.22. The zero-order chi connectivity index (χ0) is 16.5. The second-order valence-electron chi connectivity index (χ2n) is 7.76. The van der Waals surface area contributed by atoms with E-state index in [1.54, 1.807) is 17.9 Å². The number of piperazine rings is 1. The molecular formula is C17H24N2O3. The molecule has 3 atom stereocenters. The smallest absolute Gasteiger partial charge is 0.253 e. The molecule has 0 saturated carbocycles. The maximum atomic E-state index is 13.2. The minimum Gasteiger partial charge on any atom is -0.336 e. The lowest BCUT2D eigenvalue weighted by atomic mass is 9.59. The molecule has 2 fully saturated rings. The van der Waals surface area contributed by atoms with Crippen LogP contribution >= 0.6 is 0 Å². The Morgan fingerprint density at radius 3 is 2.50 bits per heavy atom.